The highest BCUT2D eigenvalue weighted by Crippen LogP contribution is 2.35. The average molecular weight is 323 g/mol. The first kappa shape index (κ1) is 15.8. The normalized spacial score (nSPS) is 16.7. The van der Waals surface area contributed by atoms with Gasteiger partial charge in [0.1, 0.15) is 0 Å². The quantitative estimate of drug-likeness (QED) is 0.846. The van der Waals surface area contributed by atoms with Crippen molar-refractivity contribution >= 4 is 16.9 Å². The van der Waals surface area contributed by atoms with Crippen LogP contribution in [0, 0.1) is 0 Å². The van der Waals surface area contributed by atoms with E-state index in [-0.39, 0.29) is 16.9 Å². The number of hydrogen-bond donors (Lipinski definition) is 1. The number of carbonyl (C=O) groups is 1. The predicted molar refractivity (Wildman–Crippen MR) is 79.5 cm³/mol. The molecule has 1 saturated carbocycles. The lowest BCUT2D eigenvalue weighted by molar-refractivity contribution is -0.137. The van der Waals surface area contributed by atoms with Crippen LogP contribution >= 0.6 is 0 Å². The molecule has 1 aromatic carbocycles. The van der Waals surface area contributed by atoms with E-state index in [1.165, 1.54) is 12.1 Å². The number of rotatable bonds is 2. The SMILES string of the molecule is O=C(O)c1cc(C2CCCCC2)nc2ccc(C(F)(F)F)cc12. The fraction of sp³-hybridized carbons (Fsp3) is 0.412. The largest absolute Gasteiger partial charge is 0.478 e. The van der Waals surface area contributed by atoms with Gasteiger partial charge in [0.25, 0.3) is 0 Å². The number of aromatic nitrogens is 1. The Morgan fingerprint density at radius 1 is 1.13 bits per heavy atom. The number of alkyl halides is 3. The summed E-state index contributed by atoms with van der Waals surface area (Å²) in [5.41, 5.74) is 0.00854. The molecule has 0 radical (unpaired) electrons. The molecule has 1 aliphatic carbocycles. The van der Waals surface area contributed by atoms with Crippen molar-refractivity contribution < 1.29 is 23.1 Å². The summed E-state index contributed by atoms with van der Waals surface area (Å²) in [7, 11) is 0. The van der Waals surface area contributed by atoms with Crippen LogP contribution in [0.2, 0.25) is 0 Å². The Morgan fingerprint density at radius 3 is 2.43 bits per heavy atom. The maximum Gasteiger partial charge on any atom is 0.416 e. The van der Waals surface area contributed by atoms with Crippen LogP contribution in [-0.4, -0.2) is 16.1 Å². The van der Waals surface area contributed by atoms with Crippen LogP contribution in [-0.2, 0) is 6.18 Å². The maximum absolute atomic E-state index is 12.9. The fourth-order valence-corrected chi connectivity index (χ4v) is 3.21. The van der Waals surface area contributed by atoms with Crippen molar-refractivity contribution in [3.8, 4) is 0 Å². The molecule has 0 saturated heterocycles. The van der Waals surface area contributed by atoms with Crippen LogP contribution in [0.5, 0.6) is 0 Å². The summed E-state index contributed by atoms with van der Waals surface area (Å²) < 4.78 is 38.6. The Morgan fingerprint density at radius 2 is 1.83 bits per heavy atom. The van der Waals surface area contributed by atoms with E-state index >= 15 is 0 Å². The topological polar surface area (TPSA) is 50.2 Å². The summed E-state index contributed by atoms with van der Waals surface area (Å²) in [6.45, 7) is 0. The van der Waals surface area contributed by atoms with Crippen LogP contribution in [0.25, 0.3) is 10.9 Å². The Balaban J connectivity index is 2.15. The summed E-state index contributed by atoms with van der Waals surface area (Å²) in [5.74, 6) is -1.04. The predicted octanol–water partition coefficient (Wildman–Crippen LogP) is 5.00. The lowest BCUT2D eigenvalue weighted by atomic mass is 9.86. The highest BCUT2D eigenvalue weighted by molar-refractivity contribution is 6.02. The van der Waals surface area contributed by atoms with Crippen LogP contribution in [0.3, 0.4) is 0 Å². The lowest BCUT2D eigenvalue weighted by Gasteiger charge is -2.22. The average Bonchev–Trinajstić information content (AvgIpc) is 2.53. The summed E-state index contributed by atoms with van der Waals surface area (Å²) in [6, 6.07) is 4.53. The molecule has 6 heteroatoms. The minimum atomic E-state index is -4.51. The van der Waals surface area contributed by atoms with Gasteiger partial charge in [-0.25, -0.2) is 4.79 Å². The van der Waals surface area contributed by atoms with Crippen LogP contribution in [0.15, 0.2) is 24.3 Å². The van der Waals surface area contributed by atoms with E-state index in [4.69, 9.17) is 0 Å². The number of benzene rings is 1. The number of fused-ring (bicyclic) bond motifs is 1. The number of pyridine rings is 1. The summed E-state index contributed by atoms with van der Waals surface area (Å²) >= 11 is 0. The van der Waals surface area contributed by atoms with E-state index in [0.29, 0.717) is 11.2 Å². The van der Waals surface area contributed by atoms with Crippen molar-refractivity contribution in [1.29, 1.82) is 0 Å². The molecule has 0 unspecified atom stereocenters. The third-order valence-corrected chi connectivity index (χ3v) is 4.41. The zero-order chi connectivity index (χ0) is 16.6. The zero-order valence-electron chi connectivity index (χ0n) is 12.4. The van der Waals surface area contributed by atoms with Gasteiger partial charge in [-0.2, -0.15) is 13.2 Å². The second-order valence-corrected chi connectivity index (χ2v) is 5.96. The summed E-state index contributed by atoms with van der Waals surface area (Å²) in [4.78, 5) is 15.9. The molecule has 1 heterocycles. The fourth-order valence-electron chi connectivity index (χ4n) is 3.21. The maximum atomic E-state index is 12.9. The Bertz CT molecular complexity index is 749. The van der Waals surface area contributed by atoms with E-state index in [2.05, 4.69) is 4.98 Å². The third kappa shape index (κ3) is 3.16. The van der Waals surface area contributed by atoms with E-state index < -0.39 is 17.7 Å². The summed E-state index contributed by atoms with van der Waals surface area (Å²) in [6.07, 6.45) is 0.673. The van der Waals surface area contributed by atoms with Gasteiger partial charge in [0.2, 0.25) is 0 Å². The van der Waals surface area contributed by atoms with E-state index in [0.717, 1.165) is 44.2 Å². The molecule has 0 atom stereocenters. The second kappa shape index (κ2) is 5.83. The molecule has 0 bridgehead atoms. The van der Waals surface area contributed by atoms with Crippen LogP contribution in [0.1, 0.15) is 59.6 Å². The first-order chi connectivity index (χ1) is 10.9. The summed E-state index contributed by atoms with van der Waals surface area (Å²) in [5, 5.41) is 9.42. The number of halogens is 3. The van der Waals surface area contributed by atoms with Gasteiger partial charge in [0, 0.05) is 17.0 Å². The molecule has 0 amide bonds. The molecule has 3 rings (SSSR count). The Hall–Kier alpha value is -2.11. The molecule has 0 spiro atoms. The molecule has 2 aromatic rings. The van der Waals surface area contributed by atoms with E-state index in [9.17, 15) is 23.1 Å². The standard InChI is InChI=1S/C17H16F3NO2/c18-17(19,20)11-6-7-14-12(8-11)13(16(22)23)9-15(21-14)10-4-2-1-3-5-10/h6-10H,1-5H2,(H,22,23). The Labute approximate surface area is 131 Å². The van der Waals surface area contributed by atoms with Gasteiger partial charge in [-0.3, -0.25) is 4.98 Å². The smallest absolute Gasteiger partial charge is 0.416 e. The van der Waals surface area contributed by atoms with Gasteiger partial charge < -0.3 is 5.11 Å². The van der Waals surface area contributed by atoms with Gasteiger partial charge >= 0.3 is 12.1 Å². The number of aromatic carboxylic acids is 1. The molecule has 3 nitrogen and oxygen atoms in total. The third-order valence-electron chi connectivity index (χ3n) is 4.41. The number of hydrogen-bond acceptors (Lipinski definition) is 2. The molecule has 0 aliphatic heterocycles. The molecule has 122 valence electrons. The van der Waals surface area contributed by atoms with E-state index in [1.807, 2.05) is 0 Å². The van der Waals surface area contributed by atoms with Crippen molar-refractivity contribution in [2.75, 3.05) is 0 Å². The van der Waals surface area contributed by atoms with Gasteiger partial charge in [-0.1, -0.05) is 19.3 Å². The number of nitrogens with zero attached hydrogens (tertiary/aromatic N) is 1. The highest BCUT2D eigenvalue weighted by Gasteiger charge is 2.31. The first-order valence-electron chi connectivity index (χ1n) is 7.61. The van der Waals surface area contributed by atoms with Crippen molar-refractivity contribution in [2.45, 2.75) is 44.2 Å². The van der Waals surface area contributed by atoms with Crippen molar-refractivity contribution in [2.24, 2.45) is 0 Å². The molecular formula is C17H16F3NO2. The van der Waals surface area contributed by atoms with Crippen LogP contribution in [0.4, 0.5) is 13.2 Å². The minimum absolute atomic E-state index is 0.0342. The lowest BCUT2D eigenvalue weighted by Crippen LogP contribution is -2.10. The van der Waals surface area contributed by atoms with Gasteiger partial charge in [-0.05, 0) is 37.1 Å². The zero-order valence-corrected chi connectivity index (χ0v) is 12.4. The van der Waals surface area contributed by atoms with Crippen molar-refractivity contribution in [3.63, 3.8) is 0 Å². The molecule has 23 heavy (non-hydrogen) atoms. The number of carboxylic acids is 1. The van der Waals surface area contributed by atoms with Gasteiger partial charge in [0.15, 0.2) is 0 Å². The second-order valence-electron chi connectivity index (χ2n) is 5.96. The van der Waals surface area contributed by atoms with Gasteiger partial charge in [-0.15, -0.1) is 0 Å². The van der Waals surface area contributed by atoms with Crippen molar-refractivity contribution in [3.05, 3.63) is 41.1 Å². The van der Waals surface area contributed by atoms with E-state index in [1.54, 1.807) is 0 Å². The monoisotopic (exact) mass is 323 g/mol. The van der Waals surface area contributed by atoms with Crippen molar-refractivity contribution in [1.82, 2.24) is 4.98 Å². The molecule has 1 fully saturated rings. The van der Waals surface area contributed by atoms with Crippen LogP contribution < -0.4 is 0 Å². The first-order valence-corrected chi connectivity index (χ1v) is 7.61. The highest BCUT2D eigenvalue weighted by atomic mass is 19.4. The minimum Gasteiger partial charge on any atom is -0.478 e. The Kier molecular flexibility index (Phi) is 4.00. The van der Waals surface area contributed by atoms with Gasteiger partial charge in [0.05, 0.1) is 16.6 Å². The molecule has 1 aromatic heterocycles. The molecule has 1 aliphatic rings. The molecular weight excluding hydrogens is 307 g/mol. The number of carboxylic acid groups (broad SMARTS) is 1. The molecule has 1 N–H and O–H groups in total.